The predicted molar refractivity (Wildman–Crippen MR) is 67.8 cm³/mol. The van der Waals surface area contributed by atoms with Gasteiger partial charge in [-0.3, -0.25) is 4.98 Å². The minimum absolute atomic E-state index is 0.807. The number of hydrogen-bond donors (Lipinski definition) is 2. The quantitative estimate of drug-likeness (QED) is 0.817. The third kappa shape index (κ3) is 2.95. The van der Waals surface area contributed by atoms with E-state index in [1.54, 1.807) is 0 Å². The SMILES string of the molecule is Cc1ccc(NCC2CCNCC2)c(C)n1. The van der Waals surface area contributed by atoms with Gasteiger partial charge in [0.2, 0.25) is 0 Å². The zero-order valence-electron chi connectivity index (χ0n) is 10.2. The third-order valence-corrected chi connectivity index (χ3v) is 3.26. The first-order chi connectivity index (χ1) is 7.75. The molecule has 0 amide bonds. The minimum Gasteiger partial charge on any atom is -0.383 e. The van der Waals surface area contributed by atoms with Crippen LogP contribution in [0.2, 0.25) is 0 Å². The van der Waals surface area contributed by atoms with Crippen molar-refractivity contribution in [3.63, 3.8) is 0 Å². The van der Waals surface area contributed by atoms with Crippen molar-refractivity contribution in [1.82, 2.24) is 10.3 Å². The molecule has 2 rings (SSSR count). The van der Waals surface area contributed by atoms with Gasteiger partial charge in [-0.05, 0) is 57.8 Å². The lowest BCUT2D eigenvalue weighted by Crippen LogP contribution is -2.31. The first-order valence-electron chi connectivity index (χ1n) is 6.14. The van der Waals surface area contributed by atoms with Crippen LogP contribution in [0.4, 0.5) is 5.69 Å². The van der Waals surface area contributed by atoms with Gasteiger partial charge in [-0.15, -0.1) is 0 Å². The summed E-state index contributed by atoms with van der Waals surface area (Å²) in [6.07, 6.45) is 2.57. The fourth-order valence-electron chi connectivity index (χ4n) is 2.21. The van der Waals surface area contributed by atoms with Crippen molar-refractivity contribution < 1.29 is 0 Å². The highest BCUT2D eigenvalue weighted by Gasteiger charge is 2.12. The Balaban J connectivity index is 1.88. The number of piperidine rings is 1. The molecule has 0 aliphatic carbocycles. The van der Waals surface area contributed by atoms with Crippen LogP contribution in [0.5, 0.6) is 0 Å². The highest BCUT2D eigenvalue weighted by Crippen LogP contribution is 2.16. The fraction of sp³-hybridized carbons (Fsp3) is 0.615. The molecule has 1 aliphatic rings. The number of anilines is 1. The van der Waals surface area contributed by atoms with Gasteiger partial charge in [-0.25, -0.2) is 0 Å². The Bertz CT molecular complexity index is 343. The molecule has 1 saturated heterocycles. The molecule has 88 valence electrons. The summed E-state index contributed by atoms with van der Waals surface area (Å²) in [6, 6.07) is 4.20. The summed E-state index contributed by atoms with van der Waals surface area (Å²) in [5, 5.41) is 6.91. The van der Waals surface area contributed by atoms with Gasteiger partial charge in [0, 0.05) is 12.2 Å². The monoisotopic (exact) mass is 219 g/mol. The number of rotatable bonds is 3. The number of nitrogens with zero attached hydrogens (tertiary/aromatic N) is 1. The van der Waals surface area contributed by atoms with Crippen molar-refractivity contribution in [2.75, 3.05) is 25.0 Å². The summed E-state index contributed by atoms with van der Waals surface area (Å²) in [7, 11) is 0. The lowest BCUT2D eigenvalue weighted by atomic mass is 9.98. The zero-order chi connectivity index (χ0) is 11.4. The maximum absolute atomic E-state index is 4.46. The van der Waals surface area contributed by atoms with E-state index >= 15 is 0 Å². The highest BCUT2D eigenvalue weighted by molar-refractivity contribution is 5.47. The van der Waals surface area contributed by atoms with Gasteiger partial charge in [0.25, 0.3) is 0 Å². The van der Waals surface area contributed by atoms with Gasteiger partial charge in [0.15, 0.2) is 0 Å². The van der Waals surface area contributed by atoms with Crippen LogP contribution in [0.3, 0.4) is 0 Å². The Morgan fingerprint density at radius 1 is 1.31 bits per heavy atom. The second kappa shape index (κ2) is 5.30. The molecule has 0 aromatic carbocycles. The van der Waals surface area contributed by atoms with Crippen molar-refractivity contribution in [1.29, 1.82) is 0 Å². The van der Waals surface area contributed by atoms with Gasteiger partial charge in [-0.1, -0.05) is 0 Å². The summed E-state index contributed by atoms with van der Waals surface area (Å²) >= 11 is 0. The van der Waals surface area contributed by atoms with Crippen LogP contribution < -0.4 is 10.6 Å². The van der Waals surface area contributed by atoms with Crippen LogP contribution >= 0.6 is 0 Å². The zero-order valence-corrected chi connectivity index (χ0v) is 10.2. The molecule has 3 nitrogen and oxygen atoms in total. The van der Waals surface area contributed by atoms with Crippen LogP contribution in [-0.2, 0) is 0 Å². The number of hydrogen-bond acceptors (Lipinski definition) is 3. The van der Waals surface area contributed by atoms with Gasteiger partial charge < -0.3 is 10.6 Å². The maximum Gasteiger partial charge on any atom is 0.0606 e. The molecule has 0 unspecified atom stereocenters. The predicted octanol–water partition coefficient (Wildman–Crippen LogP) is 2.11. The molecule has 0 atom stereocenters. The Kier molecular flexibility index (Phi) is 3.78. The smallest absolute Gasteiger partial charge is 0.0606 e. The Labute approximate surface area is 97.7 Å². The largest absolute Gasteiger partial charge is 0.383 e. The molecule has 2 heterocycles. The molecular weight excluding hydrogens is 198 g/mol. The van der Waals surface area contributed by atoms with Crippen LogP contribution in [0.15, 0.2) is 12.1 Å². The molecular formula is C13H21N3. The van der Waals surface area contributed by atoms with Gasteiger partial charge in [-0.2, -0.15) is 0 Å². The molecule has 1 aromatic heterocycles. The van der Waals surface area contributed by atoms with Crippen molar-refractivity contribution >= 4 is 5.69 Å². The van der Waals surface area contributed by atoms with E-state index in [2.05, 4.69) is 34.7 Å². The summed E-state index contributed by atoms with van der Waals surface area (Å²) in [5.74, 6) is 0.807. The van der Waals surface area contributed by atoms with E-state index in [0.717, 1.165) is 36.9 Å². The standard InChI is InChI=1S/C13H21N3/c1-10-3-4-13(11(2)16-10)15-9-12-5-7-14-8-6-12/h3-4,12,14-15H,5-9H2,1-2H3. The van der Waals surface area contributed by atoms with Crippen LogP contribution in [0.25, 0.3) is 0 Å². The molecule has 0 spiro atoms. The molecule has 3 heteroatoms. The topological polar surface area (TPSA) is 37.0 Å². The van der Waals surface area contributed by atoms with Crippen molar-refractivity contribution in [2.45, 2.75) is 26.7 Å². The minimum atomic E-state index is 0.807. The highest BCUT2D eigenvalue weighted by atomic mass is 14.9. The van der Waals surface area contributed by atoms with E-state index in [0.29, 0.717) is 0 Å². The Morgan fingerprint density at radius 2 is 2.06 bits per heavy atom. The number of aromatic nitrogens is 1. The van der Waals surface area contributed by atoms with E-state index in [1.807, 2.05) is 6.92 Å². The lowest BCUT2D eigenvalue weighted by Gasteiger charge is -2.23. The second-order valence-corrected chi connectivity index (χ2v) is 4.66. The average molecular weight is 219 g/mol. The van der Waals surface area contributed by atoms with Crippen molar-refractivity contribution in [3.05, 3.63) is 23.5 Å². The van der Waals surface area contributed by atoms with Crippen LogP contribution in [0, 0.1) is 19.8 Å². The molecule has 2 N–H and O–H groups in total. The molecule has 0 bridgehead atoms. The number of aryl methyl sites for hydroxylation is 2. The maximum atomic E-state index is 4.46. The van der Waals surface area contributed by atoms with E-state index in [-0.39, 0.29) is 0 Å². The molecule has 1 aliphatic heterocycles. The van der Waals surface area contributed by atoms with E-state index in [4.69, 9.17) is 0 Å². The van der Waals surface area contributed by atoms with Crippen molar-refractivity contribution in [3.8, 4) is 0 Å². The van der Waals surface area contributed by atoms with E-state index < -0.39 is 0 Å². The van der Waals surface area contributed by atoms with Gasteiger partial charge in [0.1, 0.15) is 0 Å². The molecule has 1 fully saturated rings. The van der Waals surface area contributed by atoms with Crippen molar-refractivity contribution in [2.24, 2.45) is 5.92 Å². The van der Waals surface area contributed by atoms with Crippen LogP contribution in [-0.4, -0.2) is 24.6 Å². The second-order valence-electron chi connectivity index (χ2n) is 4.66. The van der Waals surface area contributed by atoms with Gasteiger partial charge in [0.05, 0.1) is 11.4 Å². The normalized spacial score (nSPS) is 17.4. The molecule has 0 radical (unpaired) electrons. The summed E-state index contributed by atoms with van der Waals surface area (Å²) in [4.78, 5) is 4.46. The first kappa shape index (κ1) is 11.4. The first-order valence-corrected chi connectivity index (χ1v) is 6.14. The third-order valence-electron chi connectivity index (χ3n) is 3.26. The molecule has 16 heavy (non-hydrogen) atoms. The Hall–Kier alpha value is -1.09. The van der Waals surface area contributed by atoms with Crippen LogP contribution in [0.1, 0.15) is 24.2 Å². The summed E-state index contributed by atoms with van der Waals surface area (Å²) < 4.78 is 0. The summed E-state index contributed by atoms with van der Waals surface area (Å²) in [6.45, 7) is 7.50. The Morgan fingerprint density at radius 3 is 2.75 bits per heavy atom. The summed E-state index contributed by atoms with van der Waals surface area (Å²) in [5.41, 5.74) is 3.38. The molecule has 1 aromatic rings. The fourth-order valence-corrected chi connectivity index (χ4v) is 2.21. The van der Waals surface area contributed by atoms with Gasteiger partial charge >= 0.3 is 0 Å². The number of pyridine rings is 1. The average Bonchev–Trinajstić information content (AvgIpc) is 2.29. The molecule has 0 saturated carbocycles. The lowest BCUT2D eigenvalue weighted by molar-refractivity contribution is 0.390. The number of nitrogens with one attached hydrogen (secondary N) is 2. The van der Waals surface area contributed by atoms with E-state index in [1.165, 1.54) is 18.5 Å². The van der Waals surface area contributed by atoms with E-state index in [9.17, 15) is 0 Å².